The van der Waals surface area contributed by atoms with Crippen molar-refractivity contribution in [3.8, 4) is 0 Å². The van der Waals surface area contributed by atoms with Crippen molar-refractivity contribution in [3.05, 3.63) is 34.1 Å². The van der Waals surface area contributed by atoms with Gasteiger partial charge in [0.25, 0.3) is 0 Å². The maximum absolute atomic E-state index is 2.44. The molecule has 0 aromatic rings. The second-order valence-corrected chi connectivity index (χ2v) is 12.1. The van der Waals surface area contributed by atoms with E-state index >= 15 is 0 Å². The van der Waals surface area contributed by atoms with Crippen molar-refractivity contribution in [2.45, 2.75) is 56.9 Å². The zero-order valence-electron chi connectivity index (χ0n) is 13.3. The van der Waals surface area contributed by atoms with Crippen molar-refractivity contribution in [2.75, 3.05) is 13.1 Å². The van der Waals surface area contributed by atoms with Crippen LogP contribution in [0.1, 0.15) is 47.0 Å². The monoisotopic (exact) mass is 317 g/mol. The van der Waals surface area contributed by atoms with E-state index in [0.717, 1.165) is 19.5 Å². The number of hydrogen-bond acceptors (Lipinski definition) is 1. The van der Waals surface area contributed by atoms with E-state index in [1.54, 1.807) is 9.70 Å². The van der Waals surface area contributed by atoms with Gasteiger partial charge in [-0.2, -0.15) is 0 Å². The Morgan fingerprint density at radius 1 is 1.11 bits per heavy atom. The van der Waals surface area contributed by atoms with Crippen LogP contribution in [0.3, 0.4) is 0 Å². The Hall–Kier alpha value is -0.344. The Morgan fingerprint density at radius 3 is 2.26 bits per heavy atom. The van der Waals surface area contributed by atoms with Crippen molar-refractivity contribution >= 4 is 16.2 Å². The Bertz CT molecular complexity index is 331. The molecule has 0 spiro atoms. The maximum atomic E-state index is 2.44. The molecular weight excluding hydrogens is 288 g/mol. The number of allylic oxidation sites excluding steroid dienone is 5. The third kappa shape index (κ3) is 5.27. The first kappa shape index (κ1) is 16.7. The molecule has 106 valence electrons. The Labute approximate surface area is 125 Å². The van der Waals surface area contributed by atoms with E-state index in [4.69, 9.17) is 0 Å². The molecule has 0 amide bonds. The summed E-state index contributed by atoms with van der Waals surface area (Å²) in [4.78, 5) is 5.46. The third-order valence-electron chi connectivity index (χ3n) is 3.99. The van der Waals surface area contributed by atoms with Crippen LogP contribution in [0.4, 0.5) is 0 Å². The van der Waals surface area contributed by atoms with E-state index in [9.17, 15) is 0 Å². The first-order valence-electron chi connectivity index (χ1n) is 8.08. The standard InChI is InChI=1S/C11H16N.2C3H7.Ga/c1-3-12(4-2)10-11-8-6-5-7-9-11;2*1-3-2;/h5-7,10H,3-4,8H2,1-2H3;2*1,3H2,2H3;. The average Bonchev–Trinajstić information content (AvgIpc) is 2.45. The molecule has 0 aliphatic heterocycles. The molecule has 0 atom stereocenters. The van der Waals surface area contributed by atoms with Crippen molar-refractivity contribution in [1.29, 1.82) is 0 Å². The van der Waals surface area contributed by atoms with Crippen molar-refractivity contribution in [3.63, 3.8) is 0 Å². The summed E-state index contributed by atoms with van der Waals surface area (Å²) in [6.45, 7) is 11.4. The van der Waals surface area contributed by atoms with Crippen LogP contribution < -0.4 is 0 Å². The van der Waals surface area contributed by atoms with Gasteiger partial charge in [0.1, 0.15) is 0 Å². The molecule has 0 aromatic carbocycles. The molecule has 0 unspecified atom stereocenters. The SMILES string of the molecule is CC[CH2][Ga]([CH2]CC)[C]1=CC=CCC1=CN(CC)CC. The van der Waals surface area contributed by atoms with Gasteiger partial charge < -0.3 is 0 Å². The first-order chi connectivity index (χ1) is 9.26. The summed E-state index contributed by atoms with van der Waals surface area (Å²) in [6, 6.07) is 0. The molecule has 0 N–H and O–H groups in total. The van der Waals surface area contributed by atoms with Gasteiger partial charge in [0.15, 0.2) is 0 Å². The van der Waals surface area contributed by atoms with Crippen LogP contribution in [0.15, 0.2) is 34.1 Å². The topological polar surface area (TPSA) is 3.24 Å². The van der Waals surface area contributed by atoms with Gasteiger partial charge in [-0.1, -0.05) is 0 Å². The van der Waals surface area contributed by atoms with Gasteiger partial charge in [-0.15, -0.1) is 0 Å². The van der Waals surface area contributed by atoms with Gasteiger partial charge in [-0.3, -0.25) is 0 Å². The summed E-state index contributed by atoms with van der Waals surface area (Å²) >= 11 is -1.26. The Kier molecular flexibility index (Phi) is 8.39. The molecule has 0 radical (unpaired) electrons. The van der Waals surface area contributed by atoms with E-state index in [-0.39, 0.29) is 0 Å². The molecule has 1 aliphatic carbocycles. The fourth-order valence-corrected chi connectivity index (χ4v) is 10.0. The van der Waals surface area contributed by atoms with E-state index in [1.807, 2.05) is 0 Å². The van der Waals surface area contributed by atoms with Crippen LogP contribution in [0.5, 0.6) is 0 Å². The van der Waals surface area contributed by atoms with Crippen LogP contribution in [-0.4, -0.2) is 34.2 Å². The van der Waals surface area contributed by atoms with Gasteiger partial charge in [0.05, 0.1) is 0 Å². The fraction of sp³-hybridized carbons (Fsp3) is 0.647. The van der Waals surface area contributed by atoms with Crippen molar-refractivity contribution in [1.82, 2.24) is 4.90 Å². The second kappa shape index (κ2) is 9.54. The third-order valence-corrected chi connectivity index (χ3v) is 12.4. The normalized spacial score (nSPS) is 16.6. The molecule has 0 saturated heterocycles. The van der Waals surface area contributed by atoms with E-state index in [0.29, 0.717) is 0 Å². The summed E-state index contributed by atoms with van der Waals surface area (Å²) in [5.74, 6) is 0. The molecule has 0 bridgehead atoms. The quantitative estimate of drug-likeness (QED) is 0.572. The average molecular weight is 318 g/mol. The summed E-state index contributed by atoms with van der Waals surface area (Å²) < 4.78 is 1.78. The van der Waals surface area contributed by atoms with E-state index in [1.165, 1.54) is 22.8 Å². The van der Waals surface area contributed by atoms with Crippen LogP contribution in [0, 0.1) is 0 Å². The van der Waals surface area contributed by atoms with Crippen molar-refractivity contribution in [2.24, 2.45) is 0 Å². The van der Waals surface area contributed by atoms with Crippen LogP contribution in [0.2, 0.25) is 9.95 Å². The van der Waals surface area contributed by atoms with E-state index in [2.05, 4.69) is 57.0 Å². The predicted octanol–water partition coefficient (Wildman–Crippen LogP) is 4.95. The summed E-state index contributed by atoms with van der Waals surface area (Å²) in [7, 11) is 0. The van der Waals surface area contributed by atoms with Crippen LogP contribution in [-0.2, 0) is 0 Å². The molecule has 0 aromatic heterocycles. The van der Waals surface area contributed by atoms with Gasteiger partial charge >= 0.3 is 125 Å². The molecule has 0 fully saturated rings. The summed E-state index contributed by atoms with van der Waals surface area (Å²) in [5.41, 5.74) is 1.62. The van der Waals surface area contributed by atoms with Crippen LogP contribution >= 0.6 is 0 Å². The summed E-state index contributed by atoms with van der Waals surface area (Å²) in [5, 5.41) is 0. The predicted molar refractivity (Wildman–Crippen MR) is 88.8 cm³/mol. The fourth-order valence-electron chi connectivity index (χ4n) is 2.90. The second-order valence-electron chi connectivity index (χ2n) is 5.40. The molecule has 2 heteroatoms. The number of hydrogen-bond donors (Lipinski definition) is 0. The Morgan fingerprint density at radius 2 is 1.74 bits per heavy atom. The van der Waals surface area contributed by atoms with E-state index < -0.39 is 16.2 Å². The minimum atomic E-state index is -1.26. The Balaban J connectivity index is 2.91. The minimum absolute atomic E-state index is 1.12. The molecule has 1 aliphatic rings. The number of nitrogens with zero attached hydrogens (tertiary/aromatic N) is 1. The van der Waals surface area contributed by atoms with Gasteiger partial charge in [-0.25, -0.2) is 0 Å². The molecule has 1 nitrogen and oxygen atoms in total. The van der Waals surface area contributed by atoms with Gasteiger partial charge in [0, 0.05) is 0 Å². The van der Waals surface area contributed by atoms with Gasteiger partial charge in [-0.05, 0) is 0 Å². The molecule has 19 heavy (non-hydrogen) atoms. The summed E-state index contributed by atoms with van der Waals surface area (Å²) in [6.07, 6.45) is 13.4. The van der Waals surface area contributed by atoms with Crippen LogP contribution in [0.25, 0.3) is 0 Å². The zero-order valence-corrected chi connectivity index (χ0v) is 15.7. The van der Waals surface area contributed by atoms with Gasteiger partial charge in [0.2, 0.25) is 0 Å². The van der Waals surface area contributed by atoms with Crippen molar-refractivity contribution < 1.29 is 0 Å². The molecule has 1 rings (SSSR count). The zero-order chi connectivity index (χ0) is 14.1. The molecule has 0 saturated carbocycles. The number of rotatable bonds is 8. The first-order valence-corrected chi connectivity index (χ1v) is 12.7. The molecular formula is C17H30GaN. The molecule has 0 heterocycles.